The average Bonchev–Trinajstić information content (AvgIpc) is 3.11. The van der Waals surface area contributed by atoms with Crippen LogP contribution in [0.5, 0.6) is 0 Å². The first-order valence-corrected chi connectivity index (χ1v) is 9.75. The molecule has 130 valence electrons. The highest BCUT2D eigenvalue weighted by Gasteiger charge is 2.36. The Morgan fingerprint density at radius 2 is 1.92 bits per heavy atom. The summed E-state index contributed by atoms with van der Waals surface area (Å²) in [4.78, 5) is 26.4. The molecular formula is C18H24N2O3S. The molecule has 0 unspecified atom stereocenters. The Balaban J connectivity index is 1.52. The van der Waals surface area contributed by atoms with Gasteiger partial charge in [0.25, 0.3) is 0 Å². The van der Waals surface area contributed by atoms with E-state index in [1.54, 1.807) is 16.7 Å². The number of benzene rings is 1. The molecule has 2 amide bonds. The third-order valence-corrected chi connectivity index (χ3v) is 5.59. The number of thioether (sulfide) groups is 1. The minimum atomic E-state index is -0.416. The van der Waals surface area contributed by atoms with Gasteiger partial charge in [-0.15, -0.1) is 11.8 Å². The summed E-state index contributed by atoms with van der Waals surface area (Å²) in [5.74, 6) is 1.11. The van der Waals surface area contributed by atoms with Crippen molar-refractivity contribution in [2.75, 3.05) is 11.6 Å². The molecule has 0 aromatic heterocycles. The number of hydrogen-bond acceptors (Lipinski definition) is 4. The lowest BCUT2D eigenvalue weighted by atomic mass is 9.95. The van der Waals surface area contributed by atoms with E-state index < -0.39 is 12.1 Å². The van der Waals surface area contributed by atoms with E-state index in [4.69, 9.17) is 4.74 Å². The summed E-state index contributed by atoms with van der Waals surface area (Å²) in [7, 11) is 0. The summed E-state index contributed by atoms with van der Waals surface area (Å²) in [5.41, 5.74) is 0.945. The number of rotatable bonds is 4. The van der Waals surface area contributed by atoms with Gasteiger partial charge in [-0.05, 0) is 18.4 Å². The molecule has 1 saturated heterocycles. The van der Waals surface area contributed by atoms with Gasteiger partial charge >= 0.3 is 6.09 Å². The summed E-state index contributed by atoms with van der Waals surface area (Å²) in [6.07, 6.45) is 5.28. The fourth-order valence-electron chi connectivity index (χ4n) is 3.19. The quantitative estimate of drug-likeness (QED) is 0.908. The average molecular weight is 348 g/mol. The number of ether oxygens (including phenoxy) is 1. The summed E-state index contributed by atoms with van der Waals surface area (Å²) in [6, 6.07) is 9.43. The molecule has 1 aromatic rings. The van der Waals surface area contributed by atoms with Gasteiger partial charge in [0.1, 0.15) is 12.6 Å². The Labute approximate surface area is 147 Å². The monoisotopic (exact) mass is 348 g/mol. The van der Waals surface area contributed by atoms with Crippen molar-refractivity contribution in [1.82, 2.24) is 10.2 Å². The maximum atomic E-state index is 12.5. The molecular weight excluding hydrogens is 324 g/mol. The van der Waals surface area contributed by atoms with Gasteiger partial charge in [0, 0.05) is 11.8 Å². The second-order valence-electron chi connectivity index (χ2n) is 6.37. The summed E-state index contributed by atoms with van der Waals surface area (Å²) in [5, 5.41) is 3.12. The maximum Gasteiger partial charge on any atom is 0.411 e. The molecule has 0 bridgehead atoms. The first-order valence-electron chi connectivity index (χ1n) is 8.59. The van der Waals surface area contributed by atoms with Crippen molar-refractivity contribution in [1.29, 1.82) is 0 Å². The van der Waals surface area contributed by atoms with Crippen LogP contribution in [0, 0.1) is 0 Å². The molecule has 6 heteroatoms. The molecule has 0 radical (unpaired) electrons. The third-order valence-electron chi connectivity index (χ3n) is 4.58. The smallest absolute Gasteiger partial charge is 0.411 e. The highest BCUT2D eigenvalue weighted by Crippen LogP contribution is 2.24. The molecule has 1 aromatic carbocycles. The van der Waals surface area contributed by atoms with Gasteiger partial charge in [-0.1, -0.05) is 49.6 Å². The summed E-state index contributed by atoms with van der Waals surface area (Å²) < 4.78 is 5.38. The fourth-order valence-corrected chi connectivity index (χ4v) is 4.33. The second kappa shape index (κ2) is 8.42. The first kappa shape index (κ1) is 17.1. The van der Waals surface area contributed by atoms with Gasteiger partial charge in [0.15, 0.2) is 0 Å². The van der Waals surface area contributed by atoms with Crippen LogP contribution in [0.25, 0.3) is 0 Å². The normalized spacial score (nSPS) is 21.5. The van der Waals surface area contributed by atoms with Crippen molar-refractivity contribution < 1.29 is 14.3 Å². The highest BCUT2D eigenvalue weighted by molar-refractivity contribution is 7.99. The topological polar surface area (TPSA) is 58.6 Å². The van der Waals surface area contributed by atoms with Crippen molar-refractivity contribution >= 4 is 23.8 Å². The zero-order chi connectivity index (χ0) is 16.8. The van der Waals surface area contributed by atoms with Crippen LogP contribution in [0.2, 0.25) is 0 Å². The largest absolute Gasteiger partial charge is 0.445 e. The number of amides is 2. The molecule has 0 spiro atoms. The Morgan fingerprint density at radius 1 is 1.17 bits per heavy atom. The maximum absolute atomic E-state index is 12.5. The zero-order valence-electron chi connectivity index (χ0n) is 13.8. The predicted octanol–water partition coefficient (Wildman–Crippen LogP) is 3.15. The third kappa shape index (κ3) is 4.44. The molecule has 2 fully saturated rings. The standard InChI is InChI=1S/C18H24N2O3S/c21-17(19-15-9-5-2-6-10-15)16-12-24-13-20(16)18(22)23-11-14-7-3-1-4-8-14/h1,3-4,7-8,15-16H,2,5-6,9-13H2,(H,19,21)/t16-/m0/s1. The molecule has 24 heavy (non-hydrogen) atoms. The number of carbonyl (C=O) groups is 2. The van der Waals surface area contributed by atoms with Crippen molar-refractivity contribution in [3.05, 3.63) is 35.9 Å². The lowest BCUT2D eigenvalue weighted by molar-refractivity contribution is -0.125. The Morgan fingerprint density at radius 3 is 2.67 bits per heavy atom. The van der Waals surface area contributed by atoms with Crippen LogP contribution in [0.3, 0.4) is 0 Å². The predicted molar refractivity (Wildman–Crippen MR) is 94.6 cm³/mol. The van der Waals surface area contributed by atoms with Crippen molar-refractivity contribution in [2.24, 2.45) is 0 Å². The van der Waals surface area contributed by atoms with E-state index in [0.717, 1.165) is 18.4 Å². The highest BCUT2D eigenvalue weighted by atomic mass is 32.2. The molecule has 1 aliphatic carbocycles. The number of nitrogens with one attached hydrogen (secondary N) is 1. The molecule has 1 N–H and O–H groups in total. The van der Waals surface area contributed by atoms with Crippen molar-refractivity contribution in [2.45, 2.75) is 50.8 Å². The number of nitrogens with zero attached hydrogens (tertiary/aromatic N) is 1. The van der Waals surface area contributed by atoms with E-state index in [1.807, 2.05) is 30.3 Å². The van der Waals surface area contributed by atoms with Gasteiger partial charge in [0.05, 0.1) is 5.88 Å². The van der Waals surface area contributed by atoms with Crippen LogP contribution < -0.4 is 5.32 Å². The Hall–Kier alpha value is -1.69. The second-order valence-corrected chi connectivity index (χ2v) is 7.37. The molecule has 3 rings (SSSR count). The van der Waals surface area contributed by atoms with Crippen LogP contribution in [-0.2, 0) is 16.1 Å². The van der Waals surface area contributed by atoms with Gasteiger partial charge in [-0.25, -0.2) is 4.79 Å². The molecule has 1 heterocycles. The lowest BCUT2D eigenvalue weighted by Crippen LogP contribution is -2.50. The zero-order valence-corrected chi connectivity index (χ0v) is 14.6. The summed E-state index contributed by atoms with van der Waals surface area (Å²) >= 11 is 1.59. The van der Waals surface area contributed by atoms with Gasteiger partial charge < -0.3 is 10.1 Å². The van der Waals surface area contributed by atoms with Crippen LogP contribution in [0.1, 0.15) is 37.7 Å². The van der Waals surface area contributed by atoms with E-state index in [0.29, 0.717) is 11.6 Å². The Kier molecular flexibility index (Phi) is 6.01. The molecule has 2 aliphatic rings. The van der Waals surface area contributed by atoms with Gasteiger partial charge in [0.2, 0.25) is 5.91 Å². The van der Waals surface area contributed by atoms with Crippen LogP contribution in [0.4, 0.5) is 4.79 Å². The van der Waals surface area contributed by atoms with Crippen LogP contribution >= 0.6 is 11.8 Å². The molecule has 1 saturated carbocycles. The Bertz CT molecular complexity index is 561. The van der Waals surface area contributed by atoms with Crippen molar-refractivity contribution in [3.63, 3.8) is 0 Å². The number of hydrogen-bond donors (Lipinski definition) is 1. The van der Waals surface area contributed by atoms with Crippen LogP contribution in [-0.4, -0.2) is 40.6 Å². The number of carbonyl (C=O) groups excluding carboxylic acids is 2. The van der Waals surface area contributed by atoms with E-state index in [-0.39, 0.29) is 18.6 Å². The van der Waals surface area contributed by atoms with Gasteiger partial charge in [-0.2, -0.15) is 0 Å². The minimum absolute atomic E-state index is 0.0384. The van der Waals surface area contributed by atoms with E-state index in [2.05, 4.69) is 5.32 Å². The lowest BCUT2D eigenvalue weighted by Gasteiger charge is -2.27. The van der Waals surface area contributed by atoms with Gasteiger partial charge in [-0.3, -0.25) is 9.69 Å². The van der Waals surface area contributed by atoms with E-state index >= 15 is 0 Å². The van der Waals surface area contributed by atoms with E-state index in [1.165, 1.54) is 19.3 Å². The summed E-state index contributed by atoms with van der Waals surface area (Å²) in [6.45, 7) is 0.234. The molecule has 1 aliphatic heterocycles. The first-order chi connectivity index (χ1) is 11.7. The minimum Gasteiger partial charge on any atom is -0.445 e. The SMILES string of the molecule is O=C(NC1CCCCC1)[C@@H]1CSCN1C(=O)OCc1ccccc1. The van der Waals surface area contributed by atoms with Crippen LogP contribution in [0.15, 0.2) is 30.3 Å². The molecule has 1 atom stereocenters. The fraction of sp³-hybridized carbons (Fsp3) is 0.556. The van der Waals surface area contributed by atoms with E-state index in [9.17, 15) is 9.59 Å². The molecule has 5 nitrogen and oxygen atoms in total. The van der Waals surface area contributed by atoms with Crippen molar-refractivity contribution in [3.8, 4) is 0 Å².